The minimum absolute atomic E-state index is 0.0490. The molecule has 0 aliphatic rings. The molecule has 0 bridgehead atoms. The molecular weight excluding hydrogens is 516 g/mol. The number of carboxylic acid groups (broad SMARTS) is 1. The van der Waals surface area contributed by atoms with E-state index in [4.69, 9.17) is 20.4 Å². The van der Waals surface area contributed by atoms with Crippen molar-refractivity contribution in [3.63, 3.8) is 0 Å². The second-order valence-electron chi connectivity index (χ2n) is 9.23. The van der Waals surface area contributed by atoms with Gasteiger partial charge in [0.1, 0.15) is 11.5 Å². The molecule has 0 spiro atoms. The maximum Gasteiger partial charge on any atom is 0.303 e. The minimum Gasteiger partial charge on any atom is -0.497 e. The maximum absolute atomic E-state index is 13.3. The van der Waals surface area contributed by atoms with Gasteiger partial charge in [-0.05, 0) is 85.5 Å². The summed E-state index contributed by atoms with van der Waals surface area (Å²) in [5.41, 5.74) is 9.49. The summed E-state index contributed by atoms with van der Waals surface area (Å²) in [7, 11) is 1.50. The van der Waals surface area contributed by atoms with Crippen LogP contribution in [0.15, 0.2) is 59.8 Å². The first-order valence-corrected chi connectivity index (χ1v) is 12.6. The van der Waals surface area contributed by atoms with Gasteiger partial charge in [0.05, 0.1) is 25.4 Å². The number of carboxylic acids is 1. The maximum atomic E-state index is 13.3. The van der Waals surface area contributed by atoms with E-state index in [9.17, 15) is 19.8 Å². The summed E-state index contributed by atoms with van der Waals surface area (Å²) < 4.78 is 11.3. The van der Waals surface area contributed by atoms with Crippen LogP contribution in [0.25, 0.3) is 0 Å². The molecule has 0 saturated heterocycles. The van der Waals surface area contributed by atoms with Gasteiger partial charge in [-0.25, -0.2) is 0 Å². The average Bonchev–Trinajstić information content (AvgIpc) is 2.94. The fraction of sp³-hybridized carbons (Fsp3) is 0.276. The van der Waals surface area contributed by atoms with Crippen LogP contribution in [0.3, 0.4) is 0 Å². The van der Waals surface area contributed by atoms with E-state index in [2.05, 4.69) is 15.8 Å². The predicted octanol–water partition coefficient (Wildman–Crippen LogP) is 3.95. The average molecular weight is 551 g/mol. The van der Waals surface area contributed by atoms with Crippen molar-refractivity contribution >= 4 is 29.1 Å². The third-order valence-electron chi connectivity index (χ3n) is 5.98. The van der Waals surface area contributed by atoms with Crippen molar-refractivity contribution in [2.75, 3.05) is 17.7 Å². The Bertz CT molecular complexity index is 1370. The van der Waals surface area contributed by atoms with Crippen molar-refractivity contribution in [3.8, 4) is 11.5 Å². The number of aliphatic hydroxyl groups excluding tert-OH is 1. The van der Waals surface area contributed by atoms with Crippen molar-refractivity contribution < 1.29 is 34.5 Å². The number of hydrogen-bond donors (Lipinski definition) is 6. The zero-order valence-corrected chi connectivity index (χ0v) is 22.6. The lowest BCUT2D eigenvalue weighted by Gasteiger charge is -2.20. The molecule has 7 N–H and O–H groups in total. The number of oxime groups is 1. The number of nitrogens with zero attached hydrogens (tertiary/aromatic N) is 1. The number of aliphatic hydroxyl groups is 1. The molecule has 0 saturated carbocycles. The lowest BCUT2D eigenvalue weighted by molar-refractivity contribution is -0.136. The molecule has 0 heterocycles. The molecule has 3 aromatic rings. The number of amides is 1. The molecule has 0 radical (unpaired) electrons. The van der Waals surface area contributed by atoms with Crippen LogP contribution in [0.5, 0.6) is 11.5 Å². The molecule has 3 aromatic carbocycles. The van der Waals surface area contributed by atoms with Crippen LogP contribution in [-0.4, -0.2) is 46.3 Å². The molecule has 3 rings (SSSR count). The number of carbonyl (C=O) groups is 2. The third-order valence-corrected chi connectivity index (χ3v) is 5.98. The van der Waals surface area contributed by atoms with E-state index in [-0.39, 0.29) is 37.9 Å². The SMILES string of the molecule is COc1ccc(NCc2cc(CO)cc(OC(C)C)c2CCC(=O)O)c(C(=O)Nc2ccc(/C(N)=N/O)cc2)c1. The van der Waals surface area contributed by atoms with Gasteiger partial charge in [0.2, 0.25) is 0 Å². The third kappa shape index (κ3) is 7.87. The molecular formula is C29H34N4O7. The Morgan fingerprint density at radius 3 is 2.40 bits per heavy atom. The van der Waals surface area contributed by atoms with Crippen LogP contribution in [0.4, 0.5) is 11.4 Å². The highest BCUT2D eigenvalue weighted by Crippen LogP contribution is 2.30. The van der Waals surface area contributed by atoms with E-state index in [1.165, 1.54) is 7.11 Å². The molecule has 0 unspecified atom stereocenters. The lowest BCUT2D eigenvalue weighted by atomic mass is 9.98. The number of rotatable bonds is 13. The number of hydrogen-bond acceptors (Lipinski definition) is 8. The van der Waals surface area contributed by atoms with E-state index < -0.39 is 11.9 Å². The van der Waals surface area contributed by atoms with Gasteiger partial charge in [0, 0.05) is 29.9 Å². The number of benzene rings is 3. The van der Waals surface area contributed by atoms with Gasteiger partial charge in [-0.3, -0.25) is 9.59 Å². The second-order valence-corrected chi connectivity index (χ2v) is 9.23. The molecule has 0 aliphatic heterocycles. The minimum atomic E-state index is -0.936. The number of methoxy groups -OCH3 is 1. The number of nitrogens with one attached hydrogen (secondary N) is 2. The van der Waals surface area contributed by atoms with Gasteiger partial charge in [-0.15, -0.1) is 0 Å². The van der Waals surface area contributed by atoms with Gasteiger partial charge in [-0.2, -0.15) is 0 Å². The van der Waals surface area contributed by atoms with Gasteiger partial charge < -0.3 is 41.3 Å². The Hall–Kier alpha value is -4.77. The molecule has 0 atom stereocenters. The van der Waals surface area contributed by atoms with Crippen molar-refractivity contribution in [2.45, 2.75) is 45.9 Å². The molecule has 212 valence electrons. The van der Waals surface area contributed by atoms with Crippen molar-refractivity contribution in [2.24, 2.45) is 10.9 Å². The first-order valence-electron chi connectivity index (χ1n) is 12.6. The monoisotopic (exact) mass is 550 g/mol. The Morgan fingerprint density at radius 2 is 1.80 bits per heavy atom. The van der Waals surface area contributed by atoms with Gasteiger partial charge in [-0.1, -0.05) is 11.2 Å². The van der Waals surface area contributed by atoms with Crippen molar-refractivity contribution in [1.82, 2.24) is 0 Å². The number of amidine groups is 1. The fourth-order valence-corrected chi connectivity index (χ4v) is 4.05. The number of anilines is 2. The number of aliphatic carboxylic acids is 1. The lowest BCUT2D eigenvalue weighted by Crippen LogP contribution is -2.17. The topological polar surface area (TPSA) is 176 Å². The second kappa shape index (κ2) is 13.9. The normalized spacial score (nSPS) is 11.3. The van der Waals surface area contributed by atoms with Crippen LogP contribution < -0.4 is 25.8 Å². The Kier molecular flexibility index (Phi) is 10.3. The summed E-state index contributed by atoms with van der Waals surface area (Å²) >= 11 is 0. The summed E-state index contributed by atoms with van der Waals surface area (Å²) in [5.74, 6) is -0.393. The molecule has 0 fully saturated rings. The Labute approximate surface area is 232 Å². The molecule has 1 amide bonds. The fourth-order valence-electron chi connectivity index (χ4n) is 4.05. The van der Waals surface area contributed by atoms with Crippen LogP contribution in [0.2, 0.25) is 0 Å². The largest absolute Gasteiger partial charge is 0.497 e. The summed E-state index contributed by atoms with van der Waals surface area (Å²) in [6, 6.07) is 15.0. The smallest absolute Gasteiger partial charge is 0.303 e. The highest BCUT2D eigenvalue weighted by molar-refractivity contribution is 6.08. The van der Waals surface area contributed by atoms with Gasteiger partial charge in [0.15, 0.2) is 5.84 Å². The zero-order chi connectivity index (χ0) is 29.2. The molecule has 0 aliphatic carbocycles. The zero-order valence-electron chi connectivity index (χ0n) is 22.6. The molecule has 40 heavy (non-hydrogen) atoms. The van der Waals surface area contributed by atoms with Crippen molar-refractivity contribution in [3.05, 3.63) is 82.4 Å². The Balaban J connectivity index is 1.92. The quantitative estimate of drug-likeness (QED) is 0.0796. The van der Waals surface area contributed by atoms with E-state index >= 15 is 0 Å². The number of ether oxygens (including phenoxy) is 2. The molecule has 11 nitrogen and oxygen atoms in total. The van der Waals surface area contributed by atoms with E-state index in [0.29, 0.717) is 45.1 Å². The Morgan fingerprint density at radius 1 is 1.07 bits per heavy atom. The summed E-state index contributed by atoms with van der Waals surface area (Å²) in [6.45, 7) is 3.76. The summed E-state index contributed by atoms with van der Waals surface area (Å²) in [5, 5.41) is 37.0. The molecule has 11 heteroatoms. The summed E-state index contributed by atoms with van der Waals surface area (Å²) in [6.07, 6.45) is -0.0147. The van der Waals surface area contributed by atoms with E-state index in [0.717, 1.165) is 5.56 Å². The van der Waals surface area contributed by atoms with E-state index in [1.54, 1.807) is 54.6 Å². The van der Waals surface area contributed by atoms with Crippen LogP contribution >= 0.6 is 0 Å². The highest BCUT2D eigenvalue weighted by atomic mass is 16.5. The summed E-state index contributed by atoms with van der Waals surface area (Å²) in [4.78, 5) is 24.6. The first-order chi connectivity index (χ1) is 19.1. The van der Waals surface area contributed by atoms with Crippen LogP contribution in [0.1, 0.15) is 52.9 Å². The van der Waals surface area contributed by atoms with Gasteiger partial charge in [0.25, 0.3) is 5.91 Å². The predicted molar refractivity (Wildman–Crippen MR) is 151 cm³/mol. The number of nitrogens with two attached hydrogens (primary N) is 1. The first kappa shape index (κ1) is 29.8. The van der Waals surface area contributed by atoms with Crippen LogP contribution in [0, 0.1) is 0 Å². The standard InChI is InChI=1S/C29H34N4O7/c1-17(2)40-26-13-18(16-34)12-20(23(26)9-11-27(35)36)15-31-25-10-8-22(39-3)14-24(25)29(37)32-21-6-4-19(5-7-21)28(30)33-38/h4-8,10,12-14,17,31,34,38H,9,11,15-16H2,1-3H3,(H2,30,33)(H,32,37)(H,35,36). The van der Waals surface area contributed by atoms with Gasteiger partial charge >= 0.3 is 5.97 Å². The molecule has 0 aromatic heterocycles. The highest BCUT2D eigenvalue weighted by Gasteiger charge is 2.18. The number of carbonyl (C=O) groups excluding carboxylic acids is 1. The van der Waals surface area contributed by atoms with Crippen molar-refractivity contribution in [1.29, 1.82) is 0 Å². The van der Waals surface area contributed by atoms with E-state index in [1.807, 2.05) is 13.8 Å². The van der Waals surface area contributed by atoms with Crippen LogP contribution in [-0.2, 0) is 24.4 Å².